The predicted molar refractivity (Wildman–Crippen MR) is 153 cm³/mol. The van der Waals surface area contributed by atoms with Crippen LogP contribution >= 0.6 is 15.9 Å². The Morgan fingerprint density at radius 1 is 1.12 bits per heavy atom. The molecule has 3 aliphatic rings. The molecule has 0 aliphatic carbocycles. The average molecular weight is 608 g/mol. The molecule has 3 aromatic rings. The second-order valence-electron chi connectivity index (χ2n) is 10.7. The number of aliphatic hydroxyl groups excluding tert-OH is 1. The minimum absolute atomic E-state index is 0.172. The normalized spacial score (nSPS) is 29.4. The molecule has 3 heterocycles. The van der Waals surface area contributed by atoms with Gasteiger partial charge in [0.05, 0.1) is 37.2 Å². The smallest absolute Gasteiger partial charge is 0.312 e. The topological polar surface area (TPSA) is 105 Å². The van der Waals surface area contributed by atoms with Crippen LogP contribution < -0.4 is 5.32 Å². The van der Waals surface area contributed by atoms with Crippen molar-refractivity contribution in [3.05, 3.63) is 78.4 Å². The largest absolute Gasteiger partial charge is 0.466 e. The zero-order valence-corrected chi connectivity index (χ0v) is 23.6. The number of alkyl halides is 1. The van der Waals surface area contributed by atoms with Crippen molar-refractivity contribution < 1.29 is 29.0 Å². The third-order valence-electron chi connectivity index (χ3n) is 8.47. The zero-order chi connectivity index (χ0) is 28.0. The van der Waals surface area contributed by atoms with Crippen LogP contribution in [-0.4, -0.2) is 69.6 Å². The Balaban J connectivity index is 1.40. The number of ether oxygens (including phenoxy) is 2. The van der Waals surface area contributed by atoms with E-state index in [4.69, 9.17) is 9.47 Å². The van der Waals surface area contributed by atoms with Crippen molar-refractivity contribution in [3.8, 4) is 0 Å². The first-order chi connectivity index (χ1) is 19.4. The molecule has 6 rings (SSSR count). The number of nitrogens with zero attached hydrogens (tertiary/aromatic N) is 1. The number of halogens is 1. The number of benzene rings is 3. The summed E-state index contributed by atoms with van der Waals surface area (Å²) in [7, 11) is 0. The zero-order valence-electron chi connectivity index (χ0n) is 22.0. The van der Waals surface area contributed by atoms with Crippen LogP contribution in [0.25, 0.3) is 10.8 Å². The molecule has 2 N–H and O–H groups in total. The van der Waals surface area contributed by atoms with Crippen LogP contribution in [0.5, 0.6) is 0 Å². The fraction of sp³-hybridized carbons (Fsp3) is 0.387. The summed E-state index contributed by atoms with van der Waals surface area (Å²) >= 11 is 3.66. The lowest BCUT2D eigenvalue weighted by atomic mass is 9.70. The number of aliphatic hydroxyl groups is 1. The van der Waals surface area contributed by atoms with Crippen molar-refractivity contribution in [2.75, 3.05) is 18.5 Å². The van der Waals surface area contributed by atoms with Crippen molar-refractivity contribution >= 4 is 50.2 Å². The number of nitrogens with one attached hydrogen (secondary N) is 1. The van der Waals surface area contributed by atoms with E-state index < -0.39 is 47.5 Å². The quantitative estimate of drug-likeness (QED) is 0.299. The highest BCUT2D eigenvalue weighted by Crippen LogP contribution is 2.60. The summed E-state index contributed by atoms with van der Waals surface area (Å²) in [6, 6.07) is 21.3. The lowest BCUT2D eigenvalue weighted by Gasteiger charge is -2.37. The summed E-state index contributed by atoms with van der Waals surface area (Å²) in [5.74, 6) is -3.02. The number of hydrogen-bond donors (Lipinski definition) is 2. The monoisotopic (exact) mass is 606 g/mol. The van der Waals surface area contributed by atoms with Gasteiger partial charge in [-0.1, -0.05) is 76.6 Å². The van der Waals surface area contributed by atoms with Gasteiger partial charge in [-0.3, -0.25) is 14.4 Å². The number of amides is 2. The molecule has 1 spiro atoms. The first-order valence-electron chi connectivity index (χ1n) is 13.6. The van der Waals surface area contributed by atoms with Gasteiger partial charge in [0.1, 0.15) is 11.6 Å². The van der Waals surface area contributed by atoms with Crippen LogP contribution in [0, 0.1) is 11.8 Å². The van der Waals surface area contributed by atoms with E-state index in [9.17, 15) is 19.5 Å². The van der Waals surface area contributed by atoms with Crippen LogP contribution in [0.4, 0.5) is 5.69 Å². The Morgan fingerprint density at radius 3 is 2.58 bits per heavy atom. The second kappa shape index (κ2) is 10.6. The Hall–Kier alpha value is -3.27. The highest BCUT2D eigenvalue weighted by molar-refractivity contribution is 9.09. The molecule has 3 aliphatic heterocycles. The molecule has 2 amide bonds. The molecule has 3 unspecified atom stereocenters. The number of rotatable bonds is 8. The molecule has 208 valence electrons. The van der Waals surface area contributed by atoms with Gasteiger partial charge in [0.15, 0.2) is 0 Å². The van der Waals surface area contributed by atoms with E-state index in [1.165, 1.54) is 4.90 Å². The molecule has 3 aromatic carbocycles. The molecule has 9 heteroatoms. The van der Waals surface area contributed by atoms with Gasteiger partial charge in [-0.05, 0) is 48.2 Å². The summed E-state index contributed by atoms with van der Waals surface area (Å²) in [5, 5.41) is 15.6. The van der Waals surface area contributed by atoms with Gasteiger partial charge in [-0.15, -0.1) is 0 Å². The first-order valence-corrected chi connectivity index (χ1v) is 14.5. The van der Waals surface area contributed by atoms with Crippen LogP contribution in [0.1, 0.15) is 18.9 Å². The number of hydrogen-bond acceptors (Lipinski definition) is 6. The molecular formula is C31H31BrN2O6. The van der Waals surface area contributed by atoms with Crippen LogP contribution in [-0.2, 0) is 30.3 Å². The fourth-order valence-corrected chi connectivity index (χ4v) is 7.83. The lowest BCUT2D eigenvalue weighted by Crippen LogP contribution is -2.57. The van der Waals surface area contributed by atoms with Gasteiger partial charge < -0.3 is 24.8 Å². The van der Waals surface area contributed by atoms with E-state index in [2.05, 4.69) is 21.2 Å². The standard InChI is InChI=1S/C31H31BrN2O6/c1-2-39-30(38)24-25-29(37)34(22(17-35)14-18-8-4-3-5-9-18)27(31(25)16-23(32)26(24)40-31)28(36)33-21-13-12-19-10-6-7-11-20(19)15-21/h3-13,15,22-27,35H,2,14,16-17H2,1H3,(H,33,36)/t22-,23?,24+,25+,26+,27?,31?/m1/s1. The van der Waals surface area contributed by atoms with Crippen molar-refractivity contribution in [3.63, 3.8) is 0 Å². The molecule has 0 saturated carbocycles. The number of fused-ring (bicyclic) bond motifs is 2. The van der Waals surface area contributed by atoms with Crippen LogP contribution in [0.15, 0.2) is 72.8 Å². The Labute approximate surface area is 240 Å². The summed E-state index contributed by atoms with van der Waals surface area (Å²) < 4.78 is 11.9. The van der Waals surface area contributed by atoms with Crippen molar-refractivity contribution in [1.29, 1.82) is 0 Å². The number of esters is 1. The van der Waals surface area contributed by atoms with E-state index in [1.807, 2.05) is 72.8 Å². The number of anilines is 1. The van der Waals surface area contributed by atoms with E-state index >= 15 is 0 Å². The Kier molecular flexibility index (Phi) is 7.14. The lowest BCUT2D eigenvalue weighted by molar-refractivity contribution is -0.155. The molecule has 8 nitrogen and oxygen atoms in total. The summed E-state index contributed by atoms with van der Waals surface area (Å²) in [4.78, 5) is 42.9. The molecular weight excluding hydrogens is 576 g/mol. The number of likely N-dealkylation sites (tertiary alicyclic amines) is 1. The molecule has 0 aromatic heterocycles. The van der Waals surface area contributed by atoms with Crippen molar-refractivity contribution in [2.45, 2.75) is 48.4 Å². The summed E-state index contributed by atoms with van der Waals surface area (Å²) in [5.41, 5.74) is 0.269. The van der Waals surface area contributed by atoms with Gasteiger partial charge in [0.2, 0.25) is 11.8 Å². The highest BCUT2D eigenvalue weighted by atomic mass is 79.9. The first kappa shape index (κ1) is 26.9. The van der Waals surface area contributed by atoms with E-state index in [1.54, 1.807) is 6.92 Å². The minimum Gasteiger partial charge on any atom is -0.466 e. The maximum Gasteiger partial charge on any atom is 0.312 e. The molecule has 7 atom stereocenters. The van der Waals surface area contributed by atoms with Crippen LogP contribution in [0.3, 0.4) is 0 Å². The maximum absolute atomic E-state index is 14.3. The third-order valence-corrected chi connectivity index (χ3v) is 9.31. The van der Waals surface area contributed by atoms with Gasteiger partial charge in [-0.25, -0.2) is 0 Å². The summed E-state index contributed by atoms with van der Waals surface area (Å²) in [6.45, 7) is 1.54. The second-order valence-corrected chi connectivity index (χ2v) is 11.9. The fourth-order valence-electron chi connectivity index (χ4n) is 6.88. The number of carbonyl (C=O) groups excluding carboxylic acids is 3. The molecule has 3 fully saturated rings. The van der Waals surface area contributed by atoms with Gasteiger partial charge in [0.25, 0.3) is 0 Å². The molecule has 0 radical (unpaired) electrons. The van der Waals surface area contributed by atoms with Crippen LogP contribution in [0.2, 0.25) is 0 Å². The minimum atomic E-state index is -1.24. The SMILES string of the molecule is CCOC(=O)[C@H]1[C@H]2C(=O)N([C@@H](CO)Cc3ccccc3)C(C(=O)Nc3ccc4ccccc4c3)C23CC(Br)[C@@H]1O3. The highest BCUT2D eigenvalue weighted by Gasteiger charge is 2.77. The van der Waals surface area contributed by atoms with Gasteiger partial charge in [0, 0.05) is 10.5 Å². The maximum atomic E-state index is 14.3. The van der Waals surface area contributed by atoms with E-state index in [0.717, 1.165) is 16.3 Å². The summed E-state index contributed by atoms with van der Waals surface area (Å²) in [6.07, 6.45) is 0.129. The Bertz CT molecular complexity index is 1450. The van der Waals surface area contributed by atoms with E-state index in [0.29, 0.717) is 18.5 Å². The third kappa shape index (κ3) is 4.31. The molecule has 2 bridgehead atoms. The molecule has 40 heavy (non-hydrogen) atoms. The Morgan fingerprint density at radius 2 is 1.85 bits per heavy atom. The molecule has 3 saturated heterocycles. The number of carbonyl (C=O) groups is 3. The van der Waals surface area contributed by atoms with Crippen molar-refractivity contribution in [1.82, 2.24) is 4.90 Å². The van der Waals surface area contributed by atoms with Crippen molar-refractivity contribution in [2.24, 2.45) is 11.8 Å². The van der Waals surface area contributed by atoms with Gasteiger partial charge in [-0.2, -0.15) is 0 Å². The van der Waals surface area contributed by atoms with E-state index in [-0.39, 0.29) is 23.9 Å². The predicted octanol–water partition coefficient (Wildman–Crippen LogP) is 3.69. The average Bonchev–Trinajstić information content (AvgIpc) is 3.55. The van der Waals surface area contributed by atoms with Gasteiger partial charge >= 0.3 is 5.97 Å².